The van der Waals surface area contributed by atoms with Gasteiger partial charge in [0.05, 0.1) is 19.3 Å². The molecule has 0 aromatic carbocycles. The summed E-state index contributed by atoms with van der Waals surface area (Å²) < 4.78 is 13.6. The van der Waals surface area contributed by atoms with Gasteiger partial charge in [0.1, 0.15) is 18.2 Å². The van der Waals surface area contributed by atoms with Gasteiger partial charge >= 0.3 is 0 Å². The molecule has 0 saturated carbocycles. The van der Waals surface area contributed by atoms with Crippen molar-refractivity contribution in [3.63, 3.8) is 0 Å². The zero-order chi connectivity index (χ0) is 16.2. The van der Waals surface area contributed by atoms with Crippen LogP contribution in [0.4, 0.5) is 5.82 Å². The van der Waals surface area contributed by atoms with Crippen molar-refractivity contribution in [3.05, 3.63) is 30.4 Å². The Hall–Kier alpha value is -2.15. The zero-order valence-corrected chi connectivity index (χ0v) is 13.8. The van der Waals surface area contributed by atoms with Crippen LogP contribution in [-0.4, -0.2) is 45.5 Å². The summed E-state index contributed by atoms with van der Waals surface area (Å²) in [5, 5.41) is 8.20. The van der Waals surface area contributed by atoms with Crippen LogP contribution in [0.1, 0.15) is 32.7 Å². The van der Waals surface area contributed by atoms with E-state index in [-0.39, 0.29) is 12.2 Å². The molecule has 7 heteroatoms. The predicted molar refractivity (Wildman–Crippen MR) is 86.6 cm³/mol. The molecular formula is C16H23N5O2. The minimum absolute atomic E-state index is 0.0947. The van der Waals surface area contributed by atoms with Crippen LogP contribution in [0.5, 0.6) is 5.88 Å². The Kier molecular flexibility index (Phi) is 4.76. The van der Waals surface area contributed by atoms with Crippen molar-refractivity contribution in [1.29, 1.82) is 0 Å². The number of hydrogen-bond donors (Lipinski definition) is 0. The summed E-state index contributed by atoms with van der Waals surface area (Å²) >= 11 is 0. The van der Waals surface area contributed by atoms with Gasteiger partial charge in [-0.05, 0) is 26.8 Å². The third-order valence-electron chi connectivity index (χ3n) is 3.73. The average Bonchev–Trinajstić information content (AvgIpc) is 3.03. The molecule has 0 N–H and O–H groups in total. The van der Waals surface area contributed by atoms with Crippen molar-refractivity contribution in [2.75, 3.05) is 24.6 Å². The lowest BCUT2D eigenvalue weighted by Crippen LogP contribution is -2.39. The number of anilines is 1. The summed E-state index contributed by atoms with van der Waals surface area (Å²) in [6.07, 6.45) is 1.76. The molecule has 3 heterocycles. The first-order valence-corrected chi connectivity index (χ1v) is 8.05. The second kappa shape index (κ2) is 6.95. The molecule has 1 fully saturated rings. The van der Waals surface area contributed by atoms with Gasteiger partial charge in [-0.15, -0.1) is 10.2 Å². The highest BCUT2D eigenvalue weighted by Crippen LogP contribution is 2.25. The molecule has 23 heavy (non-hydrogen) atoms. The van der Waals surface area contributed by atoms with Gasteiger partial charge in [0, 0.05) is 19.2 Å². The maximum Gasteiger partial charge on any atom is 0.215 e. The number of nitrogens with zero attached hydrogens (tertiary/aromatic N) is 5. The number of hydrogen-bond acceptors (Lipinski definition) is 6. The van der Waals surface area contributed by atoms with Crippen LogP contribution in [0.2, 0.25) is 0 Å². The van der Waals surface area contributed by atoms with E-state index < -0.39 is 0 Å². The summed E-state index contributed by atoms with van der Waals surface area (Å²) in [4.78, 5) is 6.80. The first-order chi connectivity index (χ1) is 11.2. The number of aromatic nitrogens is 4. The molecule has 0 spiro atoms. The SMILES string of the molecule is CCn1cnnc1C1CN(c2cccc(OC(C)C)n2)CCO1. The minimum atomic E-state index is -0.0947. The first kappa shape index (κ1) is 15.7. The third-order valence-corrected chi connectivity index (χ3v) is 3.73. The third kappa shape index (κ3) is 3.61. The van der Waals surface area contributed by atoms with E-state index in [2.05, 4.69) is 27.0 Å². The lowest BCUT2D eigenvalue weighted by Gasteiger charge is -2.33. The second-order valence-electron chi connectivity index (χ2n) is 5.78. The van der Waals surface area contributed by atoms with Crippen molar-refractivity contribution < 1.29 is 9.47 Å². The van der Waals surface area contributed by atoms with Gasteiger partial charge in [0.2, 0.25) is 5.88 Å². The Bertz CT molecular complexity index is 643. The van der Waals surface area contributed by atoms with Crippen LogP contribution in [0.3, 0.4) is 0 Å². The highest BCUT2D eigenvalue weighted by Gasteiger charge is 2.26. The lowest BCUT2D eigenvalue weighted by atomic mass is 10.2. The van der Waals surface area contributed by atoms with Gasteiger partial charge in [0.25, 0.3) is 0 Å². The molecule has 0 aliphatic carbocycles. The summed E-state index contributed by atoms with van der Waals surface area (Å²) in [6, 6.07) is 5.86. The Morgan fingerprint density at radius 1 is 1.39 bits per heavy atom. The zero-order valence-electron chi connectivity index (χ0n) is 13.8. The fourth-order valence-electron chi connectivity index (χ4n) is 2.66. The van der Waals surface area contributed by atoms with E-state index >= 15 is 0 Å². The van der Waals surface area contributed by atoms with E-state index in [1.54, 1.807) is 6.33 Å². The number of pyridine rings is 1. The van der Waals surface area contributed by atoms with Crippen molar-refractivity contribution in [2.45, 2.75) is 39.5 Å². The summed E-state index contributed by atoms with van der Waals surface area (Å²) in [5.41, 5.74) is 0. The van der Waals surface area contributed by atoms with Gasteiger partial charge in [0.15, 0.2) is 5.82 Å². The molecule has 3 rings (SSSR count). The Morgan fingerprint density at radius 3 is 3.04 bits per heavy atom. The molecule has 124 valence electrons. The Morgan fingerprint density at radius 2 is 2.26 bits per heavy atom. The van der Waals surface area contributed by atoms with Crippen molar-refractivity contribution in [3.8, 4) is 5.88 Å². The molecule has 7 nitrogen and oxygen atoms in total. The van der Waals surface area contributed by atoms with Crippen LogP contribution in [0, 0.1) is 0 Å². The fraction of sp³-hybridized carbons (Fsp3) is 0.562. The minimum Gasteiger partial charge on any atom is -0.475 e. The van der Waals surface area contributed by atoms with Gasteiger partial charge < -0.3 is 18.9 Å². The van der Waals surface area contributed by atoms with Crippen molar-refractivity contribution in [2.24, 2.45) is 0 Å². The topological polar surface area (TPSA) is 65.3 Å². The largest absolute Gasteiger partial charge is 0.475 e. The maximum atomic E-state index is 5.89. The van der Waals surface area contributed by atoms with Crippen LogP contribution in [-0.2, 0) is 11.3 Å². The number of morpholine rings is 1. The van der Waals surface area contributed by atoms with E-state index in [0.717, 1.165) is 24.7 Å². The Balaban J connectivity index is 1.76. The van der Waals surface area contributed by atoms with E-state index in [1.807, 2.05) is 36.6 Å². The highest BCUT2D eigenvalue weighted by molar-refractivity contribution is 5.41. The second-order valence-corrected chi connectivity index (χ2v) is 5.78. The quantitative estimate of drug-likeness (QED) is 0.841. The van der Waals surface area contributed by atoms with E-state index in [9.17, 15) is 0 Å². The highest BCUT2D eigenvalue weighted by atomic mass is 16.5. The van der Waals surface area contributed by atoms with Crippen molar-refractivity contribution in [1.82, 2.24) is 19.7 Å². The standard InChI is InChI=1S/C16H23N5O2/c1-4-20-11-17-19-16(20)13-10-21(8-9-22-13)14-6-5-7-15(18-14)23-12(2)3/h5-7,11-13H,4,8-10H2,1-3H3. The number of aryl methyl sites for hydroxylation is 1. The molecule has 1 atom stereocenters. The Labute approximate surface area is 136 Å². The van der Waals surface area contributed by atoms with Crippen LogP contribution >= 0.6 is 0 Å². The van der Waals surface area contributed by atoms with Gasteiger partial charge in [-0.25, -0.2) is 0 Å². The molecule has 0 bridgehead atoms. The molecule has 2 aromatic heterocycles. The molecule has 1 aliphatic heterocycles. The fourth-order valence-corrected chi connectivity index (χ4v) is 2.66. The molecule has 0 amide bonds. The molecule has 2 aromatic rings. The molecule has 1 unspecified atom stereocenters. The van der Waals surface area contributed by atoms with E-state index in [0.29, 0.717) is 19.0 Å². The number of ether oxygens (including phenoxy) is 2. The summed E-state index contributed by atoms with van der Waals surface area (Å²) in [5.74, 6) is 2.42. The number of rotatable bonds is 5. The monoisotopic (exact) mass is 317 g/mol. The normalized spacial score (nSPS) is 18.4. The predicted octanol–water partition coefficient (Wildman–Crippen LogP) is 2.06. The average molecular weight is 317 g/mol. The van der Waals surface area contributed by atoms with E-state index in [1.165, 1.54) is 0 Å². The first-order valence-electron chi connectivity index (χ1n) is 8.05. The van der Waals surface area contributed by atoms with Crippen LogP contribution in [0.15, 0.2) is 24.5 Å². The van der Waals surface area contributed by atoms with Gasteiger partial charge in [-0.1, -0.05) is 6.07 Å². The molecule has 1 saturated heterocycles. The van der Waals surface area contributed by atoms with Gasteiger partial charge in [-0.3, -0.25) is 0 Å². The molecule has 1 aliphatic rings. The van der Waals surface area contributed by atoms with Crippen molar-refractivity contribution >= 4 is 5.82 Å². The smallest absolute Gasteiger partial charge is 0.215 e. The van der Waals surface area contributed by atoms with Gasteiger partial charge in [-0.2, -0.15) is 4.98 Å². The van der Waals surface area contributed by atoms with E-state index in [4.69, 9.17) is 9.47 Å². The summed E-state index contributed by atoms with van der Waals surface area (Å²) in [7, 11) is 0. The molecular weight excluding hydrogens is 294 g/mol. The summed E-state index contributed by atoms with van der Waals surface area (Å²) in [6.45, 7) is 9.04. The van der Waals surface area contributed by atoms with Crippen LogP contribution in [0.25, 0.3) is 0 Å². The lowest BCUT2D eigenvalue weighted by molar-refractivity contribution is 0.0313. The van der Waals surface area contributed by atoms with Crippen LogP contribution < -0.4 is 9.64 Å². The molecule has 0 radical (unpaired) electrons. The maximum absolute atomic E-state index is 5.89.